The van der Waals surface area contributed by atoms with Gasteiger partial charge < -0.3 is 4.74 Å². The third-order valence-electron chi connectivity index (χ3n) is 3.52. The van der Waals surface area contributed by atoms with Gasteiger partial charge in [0.2, 0.25) is 0 Å². The number of carbonyl (C=O) groups excluding carboxylic acids is 1. The van der Waals surface area contributed by atoms with E-state index in [9.17, 15) is 4.79 Å². The van der Waals surface area contributed by atoms with Crippen LogP contribution in [-0.4, -0.2) is 55.3 Å². The van der Waals surface area contributed by atoms with E-state index in [0.717, 1.165) is 23.9 Å². The summed E-state index contributed by atoms with van der Waals surface area (Å²) in [6.45, 7) is 13.5. The third-order valence-corrected chi connectivity index (χ3v) is 4.54. The molecule has 2 heterocycles. The summed E-state index contributed by atoms with van der Waals surface area (Å²) in [6.07, 6.45) is 1.59. The average Bonchev–Trinajstić information content (AvgIpc) is 2.85. The molecule has 1 aliphatic rings. The lowest BCUT2D eigenvalue weighted by molar-refractivity contribution is -0.160. The zero-order valence-electron chi connectivity index (χ0n) is 15.0. The van der Waals surface area contributed by atoms with Gasteiger partial charge in [-0.1, -0.05) is 0 Å². The van der Waals surface area contributed by atoms with Gasteiger partial charge in [0, 0.05) is 18.1 Å². The molecule has 1 aliphatic heterocycles. The van der Waals surface area contributed by atoms with Gasteiger partial charge in [0.25, 0.3) is 0 Å². The molecule has 0 N–H and O–H groups in total. The molecule has 0 bridgehead atoms. The smallest absolute Gasteiger partial charge is 0.324 e. The average molecular weight is 340 g/mol. The van der Waals surface area contributed by atoms with Gasteiger partial charge in [-0.15, -0.1) is 0 Å². The lowest BCUT2D eigenvalue weighted by Crippen LogP contribution is -2.49. The fraction of sp³-hybridized carbons (Fsp3) is 0.812. The molecule has 0 aliphatic carbocycles. The predicted octanol–water partition coefficient (Wildman–Crippen LogP) is 2.29. The topological polar surface area (TPSA) is 60.2 Å². The van der Waals surface area contributed by atoms with Crippen molar-refractivity contribution in [2.75, 3.05) is 18.1 Å². The second-order valence-corrected chi connectivity index (χ2v) is 9.00. The highest BCUT2D eigenvalue weighted by Gasteiger charge is 2.34. The summed E-state index contributed by atoms with van der Waals surface area (Å²) < 4.78 is 7.52. The van der Waals surface area contributed by atoms with Crippen molar-refractivity contribution in [3.05, 3.63) is 12.2 Å². The Morgan fingerprint density at radius 3 is 2.65 bits per heavy atom. The van der Waals surface area contributed by atoms with Crippen LogP contribution in [0.5, 0.6) is 0 Å². The van der Waals surface area contributed by atoms with E-state index < -0.39 is 5.60 Å². The second kappa shape index (κ2) is 6.81. The summed E-state index contributed by atoms with van der Waals surface area (Å²) in [4.78, 5) is 19.1. The van der Waals surface area contributed by atoms with E-state index in [2.05, 4.69) is 35.8 Å². The summed E-state index contributed by atoms with van der Waals surface area (Å²) in [7, 11) is 0. The molecule has 1 aromatic heterocycles. The van der Waals surface area contributed by atoms with Crippen molar-refractivity contribution in [1.82, 2.24) is 19.7 Å². The molecule has 0 amide bonds. The largest absolute Gasteiger partial charge is 0.459 e. The van der Waals surface area contributed by atoms with Gasteiger partial charge in [-0.05, 0) is 41.5 Å². The van der Waals surface area contributed by atoms with Gasteiger partial charge in [0.05, 0.1) is 12.1 Å². The third kappa shape index (κ3) is 4.94. The van der Waals surface area contributed by atoms with Crippen molar-refractivity contribution >= 4 is 17.7 Å². The standard InChI is InChI=1S/C16H28N4O2S/c1-15(2,3)20-13(17-11-18-20)9-19-7-8-23-10-12(19)14(21)22-16(4,5)6/h11-12H,7-10H2,1-6H3/t12-/m1/s1. The molecule has 130 valence electrons. The van der Waals surface area contributed by atoms with Crippen LogP contribution < -0.4 is 0 Å². The van der Waals surface area contributed by atoms with E-state index in [0.29, 0.717) is 6.54 Å². The molecular weight excluding hydrogens is 312 g/mol. The van der Waals surface area contributed by atoms with E-state index in [1.165, 1.54) is 0 Å². The Hall–Kier alpha value is -1.08. The quantitative estimate of drug-likeness (QED) is 0.787. The molecule has 0 radical (unpaired) electrons. The number of nitrogens with zero attached hydrogens (tertiary/aromatic N) is 4. The molecule has 0 spiro atoms. The Morgan fingerprint density at radius 1 is 1.35 bits per heavy atom. The molecule has 0 aromatic carbocycles. The van der Waals surface area contributed by atoms with Gasteiger partial charge in [-0.2, -0.15) is 16.9 Å². The van der Waals surface area contributed by atoms with Gasteiger partial charge in [0.1, 0.15) is 23.8 Å². The van der Waals surface area contributed by atoms with Gasteiger partial charge in [-0.3, -0.25) is 9.69 Å². The van der Waals surface area contributed by atoms with E-state index in [-0.39, 0.29) is 17.6 Å². The van der Waals surface area contributed by atoms with Crippen LogP contribution in [0, 0.1) is 0 Å². The molecule has 23 heavy (non-hydrogen) atoms. The molecule has 0 unspecified atom stereocenters. The Balaban J connectivity index is 2.13. The molecule has 6 nitrogen and oxygen atoms in total. The van der Waals surface area contributed by atoms with Gasteiger partial charge in [0.15, 0.2) is 0 Å². The van der Waals surface area contributed by atoms with Crippen LogP contribution in [-0.2, 0) is 21.6 Å². The Kier molecular flexibility index (Phi) is 5.41. The highest BCUT2D eigenvalue weighted by molar-refractivity contribution is 7.99. The first kappa shape index (κ1) is 18.3. The number of thioether (sulfide) groups is 1. The molecule has 7 heteroatoms. The zero-order valence-corrected chi connectivity index (χ0v) is 15.8. The van der Waals surface area contributed by atoms with Crippen molar-refractivity contribution in [1.29, 1.82) is 0 Å². The first-order chi connectivity index (χ1) is 10.6. The lowest BCUT2D eigenvalue weighted by Gasteiger charge is -2.35. The maximum atomic E-state index is 12.5. The van der Waals surface area contributed by atoms with Crippen molar-refractivity contribution in [2.24, 2.45) is 0 Å². The fourth-order valence-corrected chi connectivity index (χ4v) is 3.63. The van der Waals surface area contributed by atoms with Crippen LogP contribution in [0.2, 0.25) is 0 Å². The van der Waals surface area contributed by atoms with Crippen LogP contribution in [0.1, 0.15) is 47.4 Å². The maximum Gasteiger partial charge on any atom is 0.324 e. The minimum Gasteiger partial charge on any atom is -0.459 e. The number of hydrogen-bond donors (Lipinski definition) is 0. The number of esters is 1. The highest BCUT2D eigenvalue weighted by atomic mass is 32.2. The first-order valence-electron chi connectivity index (χ1n) is 8.02. The minimum atomic E-state index is -0.462. The highest BCUT2D eigenvalue weighted by Crippen LogP contribution is 2.23. The molecular formula is C16H28N4O2S. The summed E-state index contributed by atoms with van der Waals surface area (Å²) in [5, 5.41) is 4.34. The van der Waals surface area contributed by atoms with Crippen molar-refractivity contribution < 1.29 is 9.53 Å². The van der Waals surface area contributed by atoms with E-state index in [1.54, 1.807) is 18.1 Å². The fourth-order valence-electron chi connectivity index (χ4n) is 2.53. The SMILES string of the molecule is CC(C)(C)OC(=O)[C@H]1CSCCN1Cc1ncnn1C(C)(C)C. The second-order valence-electron chi connectivity index (χ2n) is 7.85. The predicted molar refractivity (Wildman–Crippen MR) is 92.4 cm³/mol. The number of ether oxygens (including phenoxy) is 1. The molecule has 1 atom stereocenters. The van der Waals surface area contributed by atoms with Crippen LogP contribution in [0.25, 0.3) is 0 Å². The van der Waals surface area contributed by atoms with E-state index in [4.69, 9.17) is 4.74 Å². The van der Waals surface area contributed by atoms with Gasteiger partial charge >= 0.3 is 5.97 Å². The summed E-state index contributed by atoms with van der Waals surface area (Å²) in [6, 6.07) is -0.224. The molecule has 2 rings (SSSR count). The van der Waals surface area contributed by atoms with Crippen LogP contribution >= 0.6 is 11.8 Å². The number of hydrogen-bond acceptors (Lipinski definition) is 6. The summed E-state index contributed by atoms with van der Waals surface area (Å²) in [5.74, 6) is 2.52. The lowest BCUT2D eigenvalue weighted by atomic mass is 10.1. The van der Waals surface area contributed by atoms with Crippen molar-refractivity contribution in [3.63, 3.8) is 0 Å². The summed E-state index contributed by atoms with van der Waals surface area (Å²) in [5.41, 5.74) is -0.589. The molecule has 1 fully saturated rings. The Bertz CT molecular complexity index is 545. The summed E-state index contributed by atoms with van der Waals surface area (Å²) >= 11 is 1.80. The number of carbonyl (C=O) groups is 1. The normalized spacial score (nSPS) is 20.5. The zero-order chi connectivity index (χ0) is 17.3. The van der Waals surface area contributed by atoms with E-state index in [1.807, 2.05) is 25.5 Å². The number of aromatic nitrogens is 3. The number of rotatable bonds is 3. The van der Waals surface area contributed by atoms with Crippen LogP contribution in [0.15, 0.2) is 6.33 Å². The molecule has 1 saturated heterocycles. The van der Waals surface area contributed by atoms with Gasteiger partial charge in [-0.25, -0.2) is 9.67 Å². The van der Waals surface area contributed by atoms with E-state index >= 15 is 0 Å². The van der Waals surface area contributed by atoms with Crippen molar-refractivity contribution in [3.8, 4) is 0 Å². The first-order valence-corrected chi connectivity index (χ1v) is 9.17. The Morgan fingerprint density at radius 2 is 2.04 bits per heavy atom. The molecule has 1 aromatic rings. The minimum absolute atomic E-state index is 0.127. The monoisotopic (exact) mass is 340 g/mol. The van der Waals surface area contributed by atoms with Crippen LogP contribution in [0.3, 0.4) is 0 Å². The maximum absolute atomic E-state index is 12.5. The van der Waals surface area contributed by atoms with Crippen LogP contribution in [0.4, 0.5) is 0 Å². The van der Waals surface area contributed by atoms with Crippen molar-refractivity contribution in [2.45, 2.75) is 65.3 Å². The Labute approximate surface area is 143 Å². The molecule has 0 saturated carbocycles.